The van der Waals surface area contributed by atoms with E-state index in [4.69, 9.17) is 0 Å². The van der Waals surface area contributed by atoms with E-state index in [1.54, 1.807) is 16.8 Å². The molecule has 1 heterocycles. The highest BCUT2D eigenvalue weighted by atomic mass is 16.3. The summed E-state index contributed by atoms with van der Waals surface area (Å²) in [5, 5.41) is 26.4. The highest BCUT2D eigenvalue weighted by molar-refractivity contribution is 5.44. The van der Waals surface area contributed by atoms with Crippen molar-refractivity contribution in [2.24, 2.45) is 7.05 Å². The van der Waals surface area contributed by atoms with E-state index in [-0.39, 0.29) is 11.5 Å². The first-order chi connectivity index (χ1) is 8.66. The van der Waals surface area contributed by atoms with Gasteiger partial charge in [-0.2, -0.15) is 5.10 Å². The average molecular weight is 247 g/mol. The Bertz CT molecular complexity index is 523. The normalized spacial score (nSPS) is 10.7. The molecule has 2 rings (SSSR count). The molecule has 18 heavy (non-hydrogen) atoms. The minimum absolute atomic E-state index is 0.0529. The van der Waals surface area contributed by atoms with Crippen LogP contribution in [0.2, 0.25) is 0 Å². The zero-order valence-electron chi connectivity index (χ0n) is 10.3. The number of nitrogens with one attached hydrogen (secondary N) is 1. The van der Waals surface area contributed by atoms with Crippen molar-refractivity contribution in [1.82, 2.24) is 15.1 Å². The van der Waals surface area contributed by atoms with Gasteiger partial charge in [0.1, 0.15) is 0 Å². The summed E-state index contributed by atoms with van der Waals surface area (Å²) in [4.78, 5) is 0. The maximum Gasteiger partial charge on any atom is 0.161 e. The summed E-state index contributed by atoms with van der Waals surface area (Å²) in [6, 6.07) is 6.94. The molecule has 0 bridgehead atoms. The van der Waals surface area contributed by atoms with Gasteiger partial charge in [-0.3, -0.25) is 4.68 Å². The van der Waals surface area contributed by atoms with Gasteiger partial charge in [0.2, 0.25) is 0 Å². The summed E-state index contributed by atoms with van der Waals surface area (Å²) in [5.74, 6) is -0.137. The lowest BCUT2D eigenvalue weighted by Gasteiger charge is -2.07. The number of hydrogen-bond acceptors (Lipinski definition) is 4. The van der Waals surface area contributed by atoms with E-state index < -0.39 is 0 Å². The number of phenolic OH excluding ortho intramolecular Hbond substituents is 2. The number of aromatic hydroxyl groups is 2. The van der Waals surface area contributed by atoms with Crippen molar-refractivity contribution in [3.63, 3.8) is 0 Å². The SMILES string of the molecule is Cn1ccc(CCNCc2cccc(O)c2O)n1. The molecular weight excluding hydrogens is 230 g/mol. The molecule has 0 amide bonds. The molecule has 1 aromatic carbocycles. The van der Waals surface area contributed by atoms with Crippen LogP contribution in [0.15, 0.2) is 30.5 Å². The van der Waals surface area contributed by atoms with Crippen LogP contribution in [0.3, 0.4) is 0 Å². The summed E-state index contributed by atoms with van der Waals surface area (Å²) in [5.41, 5.74) is 1.72. The Morgan fingerprint density at radius 3 is 2.83 bits per heavy atom. The Kier molecular flexibility index (Phi) is 3.84. The van der Waals surface area contributed by atoms with Crippen molar-refractivity contribution in [2.45, 2.75) is 13.0 Å². The molecule has 0 spiro atoms. The van der Waals surface area contributed by atoms with Gasteiger partial charge in [-0.25, -0.2) is 0 Å². The zero-order chi connectivity index (χ0) is 13.0. The molecule has 0 aliphatic heterocycles. The van der Waals surface area contributed by atoms with Crippen LogP contribution in [0.5, 0.6) is 11.5 Å². The number of aromatic nitrogens is 2. The molecule has 1 aromatic heterocycles. The highest BCUT2D eigenvalue weighted by Gasteiger charge is 2.04. The molecule has 96 valence electrons. The van der Waals surface area contributed by atoms with Gasteiger partial charge < -0.3 is 15.5 Å². The second-order valence-electron chi connectivity index (χ2n) is 4.19. The lowest BCUT2D eigenvalue weighted by molar-refractivity contribution is 0.398. The number of para-hydroxylation sites is 1. The predicted molar refractivity (Wildman–Crippen MR) is 68.4 cm³/mol. The van der Waals surface area contributed by atoms with E-state index >= 15 is 0 Å². The molecular formula is C13H17N3O2. The van der Waals surface area contributed by atoms with Crippen LogP contribution in [-0.2, 0) is 20.0 Å². The highest BCUT2D eigenvalue weighted by Crippen LogP contribution is 2.27. The molecule has 0 aliphatic carbocycles. The zero-order valence-corrected chi connectivity index (χ0v) is 10.3. The van der Waals surface area contributed by atoms with Crippen LogP contribution in [0.25, 0.3) is 0 Å². The van der Waals surface area contributed by atoms with E-state index in [9.17, 15) is 10.2 Å². The standard InChI is InChI=1S/C13H17N3O2/c1-16-8-6-11(15-16)5-7-14-9-10-3-2-4-12(17)13(10)18/h2-4,6,8,14,17-18H,5,7,9H2,1H3. The van der Waals surface area contributed by atoms with Gasteiger partial charge >= 0.3 is 0 Å². The number of nitrogens with zero attached hydrogens (tertiary/aromatic N) is 2. The van der Waals surface area contributed by atoms with Crippen LogP contribution in [0, 0.1) is 0 Å². The molecule has 0 unspecified atom stereocenters. The molecule has 5 heteroatoms. The van der Waals surface area contributed by atoms with Crippen molar-refractivity contribution < 1.29 is 10.2 Å². The van der Waals surface area contributed by atoms with Gasteiger partial charge in [0.05, 0.1) is 5.69 Å². The molecule has 0 radical (unpaired) electrons. The van der Waals surface area contributed by atoms with Crippen molar-refractivity contribution >= 4 is 0 Å². The number of phenols is 2. The molecule has 0 atom stereocenters. The Hall–Kier alpha value is -2.01. The van der Waals surface area contributed by atoms with Crippen LogP contribution in [0.4, 0.5) is 0 Å². The van der Waals surface area contributed by atoms with Gasteiger partial charge in [0.15, 0.2) is 11.5 Å². The molecule has 2 aromatic rings. The van der Waals surface area contributed by atoms with Crippen molar-refractivity contribution in [1.29, 1.82) is 0 Å². The predicted octanol–water partition coefficient (Wildman–Crippen LogP) is 1.16. The van der Waals surface area contributed by atoms with Gasteiger partial charge in [0, 0.05) is 38.3 Å². The topological polar surface area (TPSA) is 70.3 Å². The third kappa shape index (κ3) is 3.01. The number of aryl methyl sites for hydroxylation is 1. The van der Waals surface area contributed by atoms with Crippen molar-refractivity contribution in [3.05, 3.63) is 41.7 Å². The molecule has 3 N–H and O–H groups in total. The summed E-state index contributed by atoms with van der Waals surface area (Å²) >= 11 is 0. The van der Waals surface area contributed by atoms with Gasteiger partial charge in [-0.15, -0.1) is 0 Å². The smallest absolute Gasteiger partial charge is 0.161 e. The van der Waals surface area contributed by atoms with E-state index in [0.29, 0.717) is 12.1 Å². The third-order valence-corrected chi connectivity index (χ3v) is 2.74. The Labute approximate surface area is 106 Å². The number of benzene rings is 1. The number of rotatable bonds is 5. The van der Waals surface area contributed by atoms with Crippen molar-refractivity contribution in [2.75, 3.05) is 6.54 Å². The fraction of sp³-hybridized carbons (Fsp3) is 0.308. The monoisotopic (exact) mass is 247 g/mol. The van der Waals surface area contributed by atoms with Gasteiger partial charge in [-0.05, 0) is 12.1 Å². The van der Waals surface area contributed by atoms with Crippen LogP contribution in [-0.4, -0.2) is 26.5 Å². The van der Waals surface area contributed by atoms with E-state index in [1.165, 1.54) is 6.07 Å². The summed E-state index contributed by atoms with van der Waals surface area (Å²) in [6.45, 7) is 1.29. The van der Waals surface area contributed by atoms with E-state index in [1.807, 2.05) is 19.3 Å². The largest absolute Gasteiger partial charge is 0.504 e. The van der Waals surface area contributed by atoms with Crippen molar-refractivity contribution in [3.8, 4) is 11.5 Å². The lowest BCUT2D eigenvalue weighted by atomic mass is 10.2. The maximum absolute atomic E-state index is 9.61. The average Bonchev–Trinajstić information content (AvgIpc) is 2.76. The molecule has 0 saturated heterocycles. The second-order valence-corrected chi connectivity index (χ2v) is 4.19. The first kappa shape index (κ1) is 12.4. The second kappa shape index (κ2) is 5.55. The minimum Gasteiger partial charge on any atom is -0.504 e. The fourth-order valence-corrected chi connectivity index (χ4v) is 1.76. The van der Waals surface area contributed by atoms with E-state index in [0.717, 1.165) is 18.7 Å². The summed E-state index contributed by atoms with van der Waals surface area (Å²) in [6.07, 6.45) is 2.75. The fourth-order valence-electron chi connectivity index (χ4n) is 1.76. The minimum atomic E-state index is -0.0842. The van der Waals surface area contributed by atoms with Gasteiger partial charge in [-0.1, -0.05) is 12.1 Å². The summed E-state index contributed by atoms with van der Waals surface area (Å²) in [7, 11) is 1.89. The molecule has 0 aliphatic rings. The molecule has 0 fully saturated rings. The molecule has 5 nitrogen and oxygen atoms in total. The Morgan fingerprint density at radius 2 is 2.11 bits per heavy atom. The van der Waals surface area contributed by atoms with Crippen LogP contribution in [0.1, 0.15) is 11.3 Å². The van der Waals surface area contributed by atoms with Crippen LogP contribution >= 0.6 is 0 Å². The lowest BCUT2D eigenvalue weighted by Crippen LogP contribution is -2.17. The van der Waals surface area contributed by atoms with Crippen LogP contribution < -0.4 is 5.32 Å². The Morgan fingerprint density at radius 1 is 1.28 bits per heavy atom. The third-order valence-electron chi connectivity index (χ3n) is 2.74. The quantitative estimate of drug-likeness (QED) is 0.548. The molecule has 0 saturated carbocycles. The Balaban J connectivity index is 1.80. The maximum atomic E-state index is 9.61. The number of hydrogen-bond donors (Lipinski definition) is 3. The van der Waals surface area contributed by atoms with E-state index in [2.05, 4.69) is 10.4 Å². The first-order valence-electron chi connectivity index (χ1n) is 5.86. The first-order valence-corrected chi connectivity index (χ1v) is 5.86. The van der Waals surface area contributed by atoms with Gasteiger partial charge in [0.25, 0.3) is 0 Å². The summed E-state index contributed by atoms with van der Waals surface area (Å²) < 4.78 is 1.77.